The fraction of sp³-hybridized carbons (Fsp3) is 0.400. The fourth-order valence-corrected chi connectivity index (χ4v) is 4.66. The van der Waals surface area contributed by atoms with Crippen molar-refractivity contribution in [3.8, 4) is 11.1 Å². The number of carboxylic acids is 1. The summed E-state index contributed by atoms with van der Waals surface area (Å²) in [5, 5.41) is 11.3. The minimum Gasteiger partial charge on any atom is -0.480 e. The third-order valence-corrected chi connectivity index (χ3v) is 6.49. The summed E-state index contributed by atoms with van der Waals surface area (Å²) in [5.41, 5.74) is 4.20. The van der Waals surface area contributed by atoms with Gasteiger partial charge in [-0.3, -0.25) is 9.59 Å². The Morgan fingerprint density at radius 2 is 1.62 bits per heavy atom. The van der Waals surface area contributed by atoms with Gasteiger partial charge in [-0.2, -0.15) is 0 Å². The number of nitrogens with one attached hydrogen (secondary N) is 1. The van der Waals surface area contributed by atoms with Gasteiger partial charge in [-0.25, -0.2) is 13.6 Å². The maximum atomic E-state index is 14.3. The molecule has 0 heterocycles. The normalized spacial score (nSPS) is 19.8. The molecule has 0 unspecified atom stereocenters. The maximum absolute atomic E-state index is 14.3. The van der Waals surface area contributed by atoms with Gasteiger partial charge in [-0.15, -0.1) is 0 Å². The number of hydrogen-bond donors (Lipinski definition) is 2. The number of amides is 2. The summed E-state index contributed by atoms with van der Waals surface area (Å²) in [7, 11) is 0. The highest BCUT2D eigenvalue weighted by Crippen LogP contribution is 2.55. The summed E-state index contributed by atoms with van der Waals surface area (Å²) in [6.45, 7) is 2.06. The van der Waals surface area contributed by atoms with Gasteiger partial charge < -0.3 is 20.1 Å². The van der Waals surface area contributed by atoms with Crippen LogP contribution in [0.3, 0.4) is 0 Å². The van der Waals surface area contributed by atoms with Crippen LogP contribution >= 0.6 is 0 Å². The first-order valence-corrected chi connectivity index (χ1v) is 11.1. The molecule has 1 fully saturated rings. The molecule has 2 aliphatic carbocycles. The Morgan fingerprint density at radius 1 is 1.06 bits per heavy atom. The van der Waals surface area contributed by atoms with Crippen LogP contribution in [-0.4, -0.2) is 59.6 Å². The number of alkyl halides is 2. The van der Waals surface area contributed by atoms with Crippen LogP contribution in [0.1, 0.15) is 30.9 Å². The van der Waals surface area contributed by atoms with E-state index in [1.165, 1.54) is 0 Å². The van der Waals surface area contributed by atoms with Crippen molar-refractivity contribution >= 4 is 18.0 Å². The first-order valence-electron chi connectivity index (χ1n) is 11.1. The molecule has 0 aromatic heterocycles. The monoisotopic (exact) mass is 472 g/mol. The van der Waals surface area contributed by atoms with Crippen LogP contribution in [0.4, 0.5) is 13.6 Å². The van der Waals surface area contributed by atoms with E-state index >= 15 is 0 Å². The van der Waals surface area contributed by atoms with E-state index in [-0.39, 0.29) is 12.5 Å². The lowest BCUT2D eigenvalue weighted by Gasteiger charge is -2.25. The molecule has 0 aliphatic heterocycles. The zero-order valence-electron chi connectivity index (χ0n) is 18.8. The second-order valence-corrected chi connectivity index (χ2v) is 8.92. The van der Waals surface area contributed by atoms with E-state index in [0.29, 0.717) is 0 Å². The van der Waals surface area contributed by atoms with E-state index in [1.54, 1.807) is 13.8 Å². The molecule has 180 valence electrons. The van der Waals surface area contributed by atoms with Crippen LogP contribution in [0.25, 0.3) is 11.1 Å². The molecule has 2 aromatic rings. The molecule has 1 saturated carbocycles. The lowest BCUT2D eigenvalue weighted by molar-refractivity contribution is -0.147. The molecular weight excluding hydrogens is 446 g/mol. The predicted molar refractivity (Wildman–Crippen MR) is 119 cm³/mol. The van der Waals surface area contributed by atoms with Gasteiger partial charge in [0.15, 0.2) is 0 Å². The minimum atomic E-state index is -3.32. The molecule has 2 aliphatic rings. The molecule has 2 aromatic carbocycles. The van der Waals surface area contributed by atoms with Crippen LogP contribution in [0.2, 0.25) is 0 Å². The Kier molecular flexibility index (Phi) is 6.29. The SMILES string of the molecule is CC(C)N(CC(=O)O)C(=O)[C@@H]1[C@H](CNC(=O)OCC2c3ccccc3-c3ccccc32)C1(F)F. The van der Waals surface area contributed by atoms with Gasteiger partial charge in [0.25, 0.3) is 5.92 Å². The van der Waals surface area contributed by atoms with Crippen molar-refractivity contribution in [2.45, 2.75) is 31.7 Å². The van der Waals surface area contributed by atoms with Gasteiger partial charge in [0, 0.05) is 18.5 Å². The molecule has 2 amide bonds. The van der Waals surface area contributed by atoms with E-state index < -0.39 is 54.9 Å². The third-order valence-electron chi connectivity index (χ3n) is 6.49. The van der Waals surface area contributed by atoms with Crippen LogP contribution < -0.4 is 5.32 Å². The van der Waals surface area contributed by atoms with Crippen LogP contribution in [0.5, 0.6) is 0 Å². The predicted octanol–water partition coefficient (Wildman–Crippen LogP) is 3.73. The average Bonchev–Trinajstić information content (AvgIpc) is 3.20. The number of carbonyl (C=O) groups is 3. The number of fused-ring (bicyclic) bond motifs is 3. The number of aliphatic carboxylic acids is 1. The summed E-state index contributed by atoms with van der Waals surface area (Å²) >= 11 is 0. The molecule has 9 heteroatoms. The third kappa shape index (κ3) is 4.34. The lowest BCUT2D eigenvalue weighted by Crippen LogP contribution is -2.42. The Bertz CT molecular complexity index is 1070. The van der Waals surface area contributed by atoms with E-state index in [0.717, 1.165) is 27.2 Å². The molecule has 34 heavy (non-hydrogen) atoms. The molecule has 0 radical (unpaired) electrons. The number of ether oxygens (including phenoxy) is 1. The summed E-state index contributed by atoms with van der Waals surface area (Å²) < 4.78 is 33.9. The summed E-state index contributed by atoms with van der Waals surface area (Å²) in [5.74, 6) is -8.76. The average molecular weight is 472 g/mol. The number of nitrogens with zero attached hydrogens (tertiary/aromatic N) is 1. The van der Waals surface area contributed by atoms with Crippen molar-refractivity contribution in [1.29, 1.82) is 0 Å². The largest absolute Gasteiger partial charge is 0.480 e. The Labute approximate surface area is 195 Å². The number of halogens is 2. The number of carboxylic acid groups (broad SMARTS) is 1. The Morgan fingerprint density at radius 3 is 2.15 bits per heavy atom. The number of carbonyl (C=O) groups excluding carboxylic acids is 2. The van der Waals surface area contributed by atoms with Crippen LogP contribution in [-0.2, 0) is 14.3 Å². The van der Waals surface area contributed by atoms with Crippen molar-refractivity contribution in [1.82, 2.24) is 10.2 Å². The molecule has 7 nitrogen and oxygen atoms in total. The highest BCUT2D eigenvalue weighted by Gasteiger charge is 2.72. The van der Waals surface area contributed by atoms with E-state index in [1.807, 2.05) is 48.5 Å². The standard InChI is InChI=1S/C25H26F2N2O5/c1-14(2)29(12-21(30)31)23(32)22-20(25(22,26)27)11-28-24(33)34-13-19-17-9-5-3-7-15(17)16-8-4-6-10-18(16)19/h3-10,14,19-20,22H,11-13H2,1-2H3,(H,28,33)(H,30,31)/t20-,22-/m0/s1. The molecule has 0 spiro atoms. The molecule has 2 N–H and O–H groups in total. The Balaban J connectivity index is 1.34. The number of benzene rings is 2. The molecular formula is C25H26F2N2O5. The van der Waals surface area contributed by atoms with Crippen LogP contribution in [0, 0.1) is 11.8 Å². The first kappa shape index (κ1) is 23.7. The molecule has 0 bridgehead atoms. The highest BCUT2D eigenvalue weighted by atomic mass is 19.3. The van der Waals surface area contributed by atoms with Gasteiger partial charge in [-0.1, -0.05) is 48.5 Å². The van der Waals surface area contributed by atoms with Crippen molar-refractivity contribution < 1.29 is 33.0 Å². The van der Waals surface area contributed by atoms with E-state index in [4.69, 9.17) is 9.84 Å². The fourth-order valence-electron chi connectivity index (χ4n) is 4.66. The minimum absolute atomic E-state index is 0.0447. The lowest BCUT2D eigenvalue weighted by atomic mass is 9.98. The second-order valence-electron chi connectivity index (χ2n) is 8.92. The van der Waals surface area contributed by atoms with Crippen LogP contribution in [0.15, 0.2) is 48.5 Å². The van der Waals surface area contributed by atoms with Crippen molar-refractivity contribution in [2.24, 2.45) is 11.8 Å². The van der Waals surface area contributed by atoms with Crippen molar-refractivity contribution in [2.75, 3.05) is 19.7 Å². The van der Waals surface area contributed by atoms with Gasteiger partial charge in [-0.05, 0) is 36.1 Å². The molecule has 2 atom stereocenters. The maximum Gasteiger partial charge on any atom is 0.407 e. The van der Waals surface area contributed by atoms with Gasteiger partial charge in [0.05, 0.1) is 5.92 Å². The van der Waals surface area contributed by atoms with Gasteiger partial charge in [0.2, 0.25) is 5.91 Å². The summed E-state index contributed by atoms with van der Waals surface area (Å²) in [6, 6.07) is 15.1. The molecule has 0 saturated heterocycles. The van der Waals surface area contributed by atoms with Gasteiger partial charge in [0.1, 0.15) is 19.1 Å². The van der Waals surface area contributed by atoms with Crippen molar-refractivity contribution in [3.05, 3.63) is 59.7 Å². The first-order chi connectivity index (χ1) is 16.1. The quantitative estimate of drug-likeness (QED) is 0.611. The number of alkyl carbamates (subject to hydrolysis) is 1. The zero-order valence-corrected chi connectivity index (χ0v) is 18.8. The van der Waals surface area contributed by atoms with E-state index in [9.17, 15) is 23.2 Å². The van der Waals surface area contributed by atoms with Gasteiger partial charge >= 0.3 is 12.1 Å². The number of hydrogen-bond acceptors (Lipinski definition) is 4. The topological polar surface area (TPSA) is 95.9 Å². The second kappa shape index (κ2) is 9.04. The van der Waals surface area contributed by atoms with E-state index in [2.05, 4.69) is 5.32 Å². The highest BCUT2D eigenvalue weighted by molar-refractivity contribution is 5.87. The smallest absolute Gasteiger partial charge is 0.407 e. The summed E-state index contributed by atoms with van der Waals surface area (Å²) in [4.78, 5) is 36.7. The Hall–Kier alpha value is -3.49. The zero-order chi connectivity index (χ0) is 24.6. The number of rotatable bonds is 8. The van der Waals surface area contributed by atoms with Crippen molar-refractivity contribution in [3.63, 3.8) is 0 Å². The summed E-state index contributed by atoms with van der Waals surface area (Å²) in [6.07, 6.45) is -0.845. The molecule has 4 rings (SSSR count).